The Kier molecular flexibility index (Phi) is 2.25. The van der Waals surface area contributed by atoms with E-state index in [1.54, 1.807) is 12.1 Å². The summed E-state index contributed by atoms with van der Waals surface area (Å²) in [5.74, 6) is 0. The average molecular weight is 201 g/mol. The fourth-order valence-electron chi connectivity index (χ4n) is 1.45. The standard InChI is InChI=1S/C11H11N3O/c1-7-6-10(14-11(15)13-7)8-4-2-3-5-9(8)12/h2-6H,12H2,1H3,(H,13,14,15). The Balaban J connectivity index is 2.64. The van der Waals surface area contributed by atoms with Gasteiger partial charge in [-0.2, -0.15) is 4.98 Å². The second-order valence-electron chi connectivity index (χ2n) is 3.34. The van der Waals surface area contributed by atoms with E-state index in [1.165, 1.54) is 0 Å². The van der Waals surface area contributed by atoms with Crippen molar-refractivity contribution in [3.05, 3.63) is 46.5 Å². The molecule has 0 unspecified atom stereocenters. The Morgan fingerprint density at radius 3 is 2.73 bits per heavy atom. The van der Waals surface area contributed by atoms with Gasteiger partial charge in [-0.3, -0.25) is 0 Å². The number of H-pyrrole nitrogens is 1. The molecule has 0 spiro atoms. The van der Waals surface area contributed by atoms with E-state index in [0.29, 0.717) is 11.4 Å². The highest BCUT2D eigenvalue weighted by atomic mass is 16.1. The highest BCUT2D eigenvalue weighted by molar-refractivity contribution is 5.73. The summed E-state index contributed by atoms with van der Waals surface area (Å²) in [5, 5.41) is 0. The van der Waals surface area contributed by atoms with E-state index in [1.807, 2.05) is 25.1 Å². The topological polar surface area (TPSA) is 71.8 Å². The van der Waals surface area contributed by atoms with Crippen LogP contribution in [-0.2, 0) is 0 Å². The Morgan fingerprint density at radius 1 is 1.33 bits per heavy atom. The molecule has 3 N–H and O–H groups in total. The summed E-state index contributed by atoms with van der Waals surface area (Å²) >= 11 is 0. The summed E-state index contributed by atoms with van der Waals surface area (Å²) in [6.45, 7) is 1.81. The van der Waals surface area contributed by atoms with Crippen LogP contribution in [-0.4, -0.2) is 9.97 Å². The lowest BCUT2D eigenvalue weighted by atomic mass is 10.1. The van der Waals surface area contributed by atoms with Gasteiger partial charge < -0.3 is 10.7 Å². The minimum Gasteiger partial charge on any atom is -0.398 e. The minimum atomic E-state index is -0.353. The summed E-state index contributed by atoms with van der Waals surface area (Å²) < 4.78 is 0. The first-order chi connectivity index (χ1) is 7.16. The molecule has 1 heterocycles. The zero-order valence-electron chi connectivity index (χ0n) is 8.32. The van der Waals surface area contributed by atoms with E-state index in [-0.39, 0.29) is 5.69 Å². The number of hydrogen-bond acceptors (Lipinski definition) is 3. The minimum absolute atomic E-state index is 0.353. The number of hydrogen-bond donors (Lipinski definition) is 2. The molecule has 76 valence electrons. The van der Waals surface area contributed by atoms with E-state index in [9.17, 15) is 4.79 Å². The van der Waals surface area contributed by atoms with Crippen LogP contribution in [0.2, 0.25) is 0 Å². The van der Waals surface area contributed by atoms with Gasteiger partial charge in [0.15, 0.2) is 0 Å². The highest BCUT2D eigenvalue weighted by Crippen LogP contribution is 2.22. The Labute approximate surface area is 86.8 Å². The van der Waals surface area contributed by atoms with Gasteiger partial charge in [0.1, 0.15) is 0 Å². The molecular formula is C11H11N3O. The third-order valence-electron chi connectivity index (χ3n) is 2.12. The molecule has 0 amide bonds. The zero-order chi connectivity index (χ0) is 10.8. The molecule has 2 aromatic rings. The number of aromatic nitrogens is 2. The van der Waals surface area contributed by atoms with E-state index in [4.69, 9.17) is 5.73 Å². The number of nitrogen functional groups attached to an aromatic ring is 1. The summed E-state index contributed by atoms with van der Waals surface area (Å²) in [6, 6.07) is 9.14. The molecule has 1 aromatic carbocycles. The number of aromatic amines is 1. The second kappa shape index (κ2) is 3.57. The first-order valence-corrected chi connectivity index (χ1v) is 4.59. The van der Waals surface area contributed by atoms with Crippen molar-refractivity contribution in [2.75, 3.05) is 5.73 Å². The molecule has 0 saturated carbocycles. The third-order valence-corrected chi connectivity index (χ3v) is 2.12. The zero-order valence-corrected chi connectivity index (χ0v) is 8.32. The summed E-state index contributed by atoms with van der Waals surface area (Å²) in [4.78, 5) is 17.7. The molecule has 1 aromatic heterocycles. The van der Waals surface area contributed by atoms with Gasteiger partial charge in [-0.25, -0.2) is 4.79 Å². The van der Waals surface area contributed by atoms with E-state index < -0.39 is 0 Å². The Morgan fingerprint density at radius 2 is 2.07 bits per heavy atom. The first kappa shape index (κ1) is 9.45. The number of aryl methyl sites for hydroxylation is 1. The van der Waals surface area contributed by atoms with Crippen LogP contribution in [0.15, 0.2) is 35.1 Å². The van der Waals surface area contributed by atoms with Crippen molar-refractivity contribution < 1.29 is 0 Å². The molecule has 0 aliphatic rings. The van der Waals surface area contributed by atoms with Crippen LogP contribution in [0.5, 0.6) is 0 Å². The lowest BCUT2D eigenvalue weighted by molar-refractivity contribution is 1.03. The van der Waals surface area contributed by atoms with Gasteiger partial charge in [0.2, 0.25) is 0 Å². The molecule has 0 aliphatic carbocycles. The SMILES string of the molecule is Cc1cc(-c2ccccc2N)nc(=O)[nH]1. The van der Waals surface area contributed by atoms with Gasteiger partial charge >= 0.3 is 5.69 Å². The lowest BCUT2D eigenvalue weighted by Crippen LogP contribution is -2.12. The summed E-state index contributed by atoms with van der Waals surface area (Å²) in [7, 11) is 0. The first-order valence-electron chi connectivity index (χ1n) is 4.59. The van der Waals surface area contributed by atoms with Crippen LogP contribution < -0.4 is 11.4 Å². The van der Waals surface area contributed by atoms with Crippen molar-refractivity contribution in [1.82, 2.24) is 9.97 Å². The van der Waals surface area contributed by atoms with Crippen LogP contribution in [0, 0.1) is 6.92 Å². The van der Waals surface area contributed by atoms with Crippen LogP contribution >= 0.6 is 0 Å². The van der Waals surface area contributed by atoms with Crippen molar-refractivity contribution in [1.29, 1.82) is 0 Å². The number of rotatable bonds is 1. The third kappa shape index (κ3) is 1.88. The maximum absolute atomic E-state index is 11.2. The number of para-hydroxylation sites is 1. The smallest absolute Gasteiger partial charge is 0.345 e. The fraction of sp³-hybridized carbons (Fsp3) is 0.0909. The van der Waals surface area contributed by atoms with Crippen LogP contribution in [0.25, 0.3) is 11.3 Å². The Bertz CT molecular complexity index is 546. The number of benzene rings is 1. The molecule has 0 atom stereocenters. The molecule has 15 heavy (non-hydrogen) atoms. The van der Waals surface area contributed by atoms with E-state index >= 15 is 0 Å². The molecule has 0 saturated heterocycles. The van der Waals surface area contributed by atoms with Gasteiger partial charge in [-0.15, -0.1) is 0 Å². The number of nitrogens with two attached hydrogens (primary N) is 1. The predicted octanol–water partition coefficient (Wildman–Crippen LogP) is 1.33. The van der Waals surface area contributed by atoms with Crippen molar-refractivity contribution in [3.8, 4) is 11.3 Å². The molecule has 4 heteroatoms. The highest BCUT2D eigenvalue weighted by Gasteiger charge is 2.04. The van der Waals surface area contributed by atoms with Crippen molar-refractivity contribution in [2.24, 2.45) is 0 Å². The molecule has 2 rings (SSSR count). The molecule has 0 bridgehead atoms. The number of nitrogens with zero attached hydrogens (tertiary/aromatic N) is 1. The van der Waals surface area contributed by atoms with Crippen molar-refractivity contribution >= 4 is 5.69 Å². The molecule has 0 fully saturated rings. The lowest BCUT2D eigenvalue weighted by Gasteiger charge is -2.04. The fourth-order valence-corrected chi connectivity index (χ4v) is 1.45. The molecule has 4 nitrogen and oxygen atoms in total. The average Bonchev–Trinajstić information content (AvgIpc) is 2.16. The van der Waals surface area contributed by atoms with Crippen molar-refractivity contribution in [3.63, 3.8) is 0 Å². The number of nitrogens with one attached hydrogen (secondary N) is 1. The van der Waals surface area contributed by atoms with Crippen LogP contribution in [0.4, 0.5) is 5.69 Å². The van der Waals surface area contributed by atoms with Crippen molar-refractivity contribution in [2.45, 2.75) is 6.92 Å². The maximum Gasteiger partial charge on any atom is 0.345 e. The molecule has 0 radical (unpaired) electrons. The van der Waals surface area contributed by atoms with Crippen LogP contribution in [0.3, 0.4) is 0 Å². The number of anilines is 1. The van der Waals surface area contributed by atoms with Crippen LogP contribution in [0.1, 0.15) is 5.69 Å². The predicted molar refractivity (Wildman–Crippen MR) is 59.4 cm³/mol. The van der Waals surface area contributed by atoms with Gasteiger partial charge in [-0.1, -0.05) is 18.2 Å². The van der Waals surface area contributed by atoms with Gasteiger partial charge in [0, 0.05) is 16.9 Å². The van der Waals surface area contributed by atoms with Gasteiger partial charge in [-0.05, 0) is 19.1 Å². The monoisotopic (exact) mass is 201 g/mol. The van der Waals surface area contributed by atoms with Gasteiger partial charge in [0.25, 0.3) is 0 Å². The van der Waals surface area contributed by atoms with Gasteiger partial charge in [0.05, 0.1) is 5.69 Å². The van der Waals surface area contributed by atoms with E-state index in [2.05, 4.69) is 9.97 Å². The molecular weight excluding hydrogens is 190 g/mol. The Hall–Kier alpha value is -2.10. The molecule has 0 aliphatic heterocycles. The normalized spacial score (nSPS) is 10.2. The maximum atomic E-state index is 11.2. The summed E-state index contributed by atoms with van der Waals surface area (Å²) in [5.41, 5.74) is 8.23. The largest absolute Gasteiger partial charge is 0.398 e. The van der Waals surface area contributed by atoms with E-state index in [0.717, 1.165) is 11.3 Å². The second-order valence-corrected chi connectivity index (χ2v) is 3.34. The summed E-state index contributed by atoms with van der Waals surface area (Å²) in [6.07, 6.45) is 0. The quantitative estimate of drug-likeness (QED) is 0.683.